The molecule has 0 spiro atoms. The Bertz CT molecular complexity index is 621. The molecule has 1 aromatic carbocycles. The third-order valence-electron chi connectivity index (χ3n) is 3.65. The average Bonchev–Trinajstić information content (AvgIpc) is 2.49. The molecule has 0 aliphatic rings. The average molecular weight is 318 g/mol. The molecule has 0 bridgehead atoms. The molecule has 5 nitrogen and oxygen atoms in total. The van der Waals surface area contributed by atoms with Crippen molar-refractivity contribution >= 4 is 17.6 Å². The lowest BCUT2D eigenvalue weighted by Crippen LogP contribution is -2.27. The molecular weight excluding hydrogens is 292 g/mol. The summed E-state index contributed by atoms with van der Waals surface area (Å²) in [5.41, 5.74) is 4.68. The Balaban J connectivity index is 2.92. The first-order valence-electron chi connectivity index (χ1n) is 7.88. The number of hydrogen-bond acceptors (Lipinski definition) is 4. The molecular formula is C18H26N2O3. The van der Waals surface area contributed by atoms with Crippen LogP contribution in [0.25, 0.3) is 0 Å². The number of hydrogen-bond donors (Lipinski definition) is 0. The van der Waals surface area contributed by atoms with Gasteiger partial charge in [-0.15, -0.1) is 0 Å². The molecule has 0 saturated carbocycles. The predicted molar refractivity (Wildman–Crippen MR) is 91.5 cm³/mol. The van der Waals surface area contributed by atoms with E-state index in [9.17, 15) is 9.59 Å². The van der Waals surface area contributed by atoms with E-state index < -0.39 is 5.97 Å². The van der Waals surface area contributed by atoms with E-state index in [1.807, 2.05) is 6.92 Å². The van der Waals surface area contributed by atoms with Gasteiger partial charge in [0.05, 0.1) is 13.0 Å². The van der Waals surface area contributed by atoms with Crippen LogP contribution in [-0.2, 0) is 27.2 Å². The fourth-order valence-electron chi connectivity index (χ4n) is 2.48. The number of rotatable bonds is 6. The van der Waals surface area contributed by atoms with Crippen LogP contribution < -0.4 is 0 Å². The highest BCUT2D eigenvalue weighted by molar-refractivity contribution is 6.35. The molecule has 0 unspecified atom stereocenters. The van der Waals surface area contributed by atoms with Gasteiger partial charge in [-0.1, -0.05) is 24.6 Å². The van der Waals surface area contributed by atoms with Crippen LogP contribution in [-0.4, -0.2) is 36.3 Å². The first-order chi connectivity index (χ1) is 10.8. The van der Waals surface area contributed by atoms with E-state index in [-0.39, 0.29) is 24.6 Å². The van der Waals surface area contributed by atoms with Crippen LogP contribution in [0.2, 0.25) is 0 Å². The van der Waals surface area contributed by atoms with Gasteiger partial charge in [-0.3, -0.25) is 4.79 Å². The predicted octanol–water partition coefficient (Wildman–Crippen LogP) is 2.81. The zero-order valence-electron chi connectivity index (χ0n) is 14.9. The van der Waals surface area contributed by atoms with E-state index in [0.717, 1.165) is 17.5 Å². The number of carbonyl (C=O) groups is 2. The molecule has 0 aliphatic heterocycles. The Hall–Kier alpha value is -2.17. The summed E-state index contributed by atoms with van der Waals surface area (Å²) in [4.78, 5) is 24.0. The smallest absolute Gasteiger partial charge is 0.354 e. The number of nitrogens with zero attached hydrogens (tertiary/aromatic N) is 2. The normalized spacial score (nSPS) is 11.3. The molecule has 0 atom stereocenters. The minimum atomic E-state index is -0.507. The summed E-state index contributed by atoms with van der Waals surface area (Å²) in [6.07, 6.45) is 1.14. The molecule has 0 radical (unpaired) electrons. The summed E-state index contributed by atoms with van der Waals surface area (Å²) in [5.74, 6) is -0.664. The van der Waals surface area contributed by atoms with Crippen molar-refractivity contribution in [3.63, 3.8) is 0 Å². The number of carbonyl (C=O) groups excluding carboxylic acids is 2. The van der Waals surface area contributed by atoms with Crippen molar-refractivity contribution in [2.24, 2.45) is 5.10 Å². The summed E-state index contributed by atoms with van der Waals surface area (Å²) in [5, 5.41) is 5.23. The fourth-order valence-corrected chi connectivity index (χ4v) is 2.48. The molecule has 0 aliphatic carbocycles. The van der Waals surface area contributed by atoms with E-state index in [0.29, 0.717) is 0 Å². The molecule has 23 heavy (non-hydrogen) atoms. The highest BCUT2D eigenvalue weighted by Gasteiger charge is 2.16. The van der Waals surface area contributed by atoms with Gasteiger partial charge in [0, 0.05) is 7.05 Å². The standard InChI is InChI=1S/C18H26N2O3/c1-7-15-10-12(3)9-13(4)16(15)11-17(21)20(6)19-14(5)18(22)23-8-2/h9-10H,7-8,11H2,1-6H3. The highest BCUT2D eigenvalue weighted by atomic mass is 16.5. The van der Waals surface area contributed by atoms with Gasteiger partial charge in [0.2, 0.25) is 5.91 Å². The van der Waals surface area contributed by atoms with Crippen LogP contribution in [0.4, 0.5) is 0 Å². The van der Waals surface area contributed by atoms with Crippen molar-refractivity contribution in [3.05, 3.63) is 34.4 Å². The van der Waals surface area contributed by atoms with Crippen LogP contribution >= 0.6 is 0 Å². The third kappa shape index (κ3) is 5.20. The quantitative estimate of drug-likeness (QED) is 0.460. The summed E-state index contributed by atoms with van der Waals surface area (Å²) in [6, 6.07) is 4.19. The zero-order chi connectivity index (χ0) is 17.6. The van der Waals surface area contributed by atoms with E-state index in [1.165, 1.54) is 23.1 Å². The van der Waals surface area contributed by atoms with Gasteiger partial charge in [0.25, 0.3) is 0 Å². The van der Waals surface area contributed by atoms with Gasteiger partial charge in [-0.25, -0.2) is 9.80 Å². The number of hydrazone groups is 1. The maximum atomic E-state index is 12.4. The zero-order valence-corrected chi connectivity index (χ0v) is 14.9. The Kier molecular flexibility index (Phi) is 6.94. The van der Waals surface area contributed by atoms with E-state index in [2.05, 4.69) is 31.1 Å². The lowest BCUT2D eigenvalue weighted by Gasteiger charge is -2.16. The maximum absolute atomic E-state index is 12.4. The van der Waals surface area contributed by atoms with Crippen molar-refractivity contribution < 1.29 is 14.3 Å². The van der Waals surface area contributed by atoms with Crippen LogP contribution in [0, 0.1) is 13.8 Å². The van der Waals surface area contributed by atoms with Crippen LogP contribution in [0.15, 0.2) is 17.2 Å². The monoisotopic (exact) mass is 318 g/mol. The number of benzene rings is 1. The van der Waals surface area contributed by atoms with Gasteiger partial charge >= 0.3 is 5.97 Å². The Morgan fingerprint density at radius 1 is 1.22 bits per heavy atom. The molecule has 1 rings (SSSR count). The second-order valence-corrected chi connectivity index (χ2v) is 5.57. The first kappa shape index (κ1) is 18.9. The van der Waals surface area contributed by atoms with Crippen molar-refractivity contribution in [3.8, 4) is 0 Å². The molecule has 5 heteroatoms. The van der Waals surface area contributed by atoms with Gasteiger partial charge in [0.1, 0.15) is 5.71 Å². The number of esters is 1. The molecule has 0 saturated heterocycles. The van der Waals surface area contributed by atoms with E-state index in [1.54, 1.807) is 14.0 Å². The summed E-state index contributed by atoms with van der Waals surface area (Å²) >= 11 is 0. The molecule has 0 fully saturated rings. The lowest BCUT2D eigenvalue weighted by atomic mass is 9.95. The third-order valence-corrected chi connectivity index (χ3v) is 3.65. The van der Waals surface area contributed by atoms with Crippen molar-refractivity contribution in [2.45, 2.75) is 47.5 Å². The largest absolute Gasteiger partial charge is 0.461 e. The summed E-state index contributed by atoms with van der Waals surface area (Å²) < 4.78 is 4.86. The summed E-state index contributed by atoms with van der Waals surface area (Å²) in [6.45, 7) is 9.70. The molecule has 0 heterocycles. The minimum absolute atomic E-state index is 0.157. The Morgan fingerprint density at radius 3 is 2.43 bits per heavy atom. The summed E-state index contributed by atoms with van der Waals surface area (Å²) in [7, 11) is 1.56. The van der Waals surface area contributed by atoms with Gasteiger partial charge in [0.15, 0.2) is 0 Å². The Labute approximate surface area is 138 Å². The fraction of sp³-hybridized carbons (Fsp3) is 0.500. The number of amides is 1. The second kappa shape index (κ2) is 8.46. The molecule has 1 amide bonds. The van der Waals surface area contributed by atoms with Crippen LogP contribution in [0.1, 0.15) is 43.0 Å². The minimum Gasteiger partial charge on any atom is -0.461 e. The lowest BCUT2D eigenvalue weighted by molar-refractivity contribution is -0.135. The van der Waals surface area contributed by atoms with Crippen molar-refractivity contribution in [2.75, 3.05) is 13.7 Å². The van der Waals surface area contributed by atoms with E-state index in [4.69, 9.17) is 4.74 Å². The Morgan fingerprint density at radius 2 is 1.87 bits per heavy atom. The van der Waals surface area contributed by atoms with Crippen molar-refractivity contribution in [1.82, 2.24) is 5.01 Å². The molecule has 0 aromatic heterocycles. The number of ether oxygens (including phenoxy) is 1. The van der Waals surface area contributed by atoms with Crippen molar-refractivity contribution in [1.29, 1.82) is 0 Å². The maximum Gasteiger partial charge on any atom is 0.354 e. The molecule has 1 aromatic rings. The molecule has 0 N–H and O–H groups in total. The van der Waals surface area contributed by atoms with Gasteiger partial charge < -0.3 is 4.74 Å². The first-order valence-corrected chi connectivity index (χ1v) is 7.88. The van der Waals surface area contributed by atoms with Crippen LogP contribution in [0.3, 0.4) is 0 Å². The second-order valence-electron chi connectivity index (χ2n) is 5.57. The molecule has 126 valence electrons. The topological polar surface area (TPSA) is 59.0 Å². The SMILES string of the molecule is CCOC(=O)C(C)=NN(C)C(=O)Cc1c(C)cc(C)cc1CC. The van der Waals surface area contributed by atoms with Crippen LogP contribution in [0.5, 0.6) is 0 Å². The number of likely N-dealkylation sites (N-methyl/N-ethyl adjacent to an activating group) is 1. The highest BCUT2D eigenvalue weighted by Crippen LogP contribution is 2.19. The van der Waals surface area contributed by atoms with E-state index >= 15 is 0 Å². The van der Waals surface area contributed by atoms with Gasteiger partial charge in [-0.2, -0.15) is 5.10 Å². The van der Waals surface area contributed by atoms with Gasteiger partial charge in [-0.05, 0) is 50.8 Å². The number of aryl methyl sites for hydroxylation is 3.